The normalized spacial score (nSPS) is 12.9. The van der Waals surface area contributed by atoms with Gasteiger partial charge in [0, 0.05) is 0 Å². The number of hydrogen-bond acceptors (Lipinski definition) is 5. The quantitative estimate of drug-likeness (QED) is 0.284. The van der Waals surface area contributed by atoms with E-state index in [2.05, 4.69) is 31.0 Å². The maximum absolute atomic E-state index is 12.9. The van der Waals surface area contributed by atoms with Crippen molar-refractivity contribution in [3.05, 3.63) is 98.8 Å². The zero-order chi connectivity index (χ0) is 23.5. The third-order valence-corrected chi connectivity index (χ3v) is 6.97. The van der Waals surface area contributed by atoms with Gasteiger partial charge in [-0.1, -0.05) is 61.6 Å². The van der Waals surface area contributed by atoms with Crippen molar-refractivity contribution in [1.82, 2.24) is 9.38 Å². The largest absolute Gasteiger partial charge is 0.490 e. The summed E-state index contributed by atoms with van der Waals surface area (Å²) in [7, 11) is 0. The molecule has 3 aromatic carbocycles. The second-order valence-corrected chi connectivity index (χ2v) is 9.29. The summed E-state index contributed by atoms with van der Waals surface area (Å²) in [6.07, 6.45) is 3.02. The van der Waals surface area contributed by atoms with Gasteiger partial charge in [-0.3, -0.25) is 4.79 Å². The number of hydrogen-bond donors (Lipinski definition) is 0. The van der Waals surface area contributed by atoms with Crippen molar-refractivity contribution in [2.45, 2.75) is 26.2 Å². The molecule has 0 aliphatic carbocycles. The highest BCUT2D eigenvalue weighted by Gasteiger charge is 2.10. The van der Waals surface area contributed by atoms with Gasteiger partial charge in [-0.05, 0) is 65.9 Å². The Kier molecular flexibility index (Phi) is 6.32. The summed E-state index contributed by atoms with van der Waals surface area (Å²) in [4.78, 5) is 18.2. The van der Waals surface area contributed by atoms with Crippen molar-refractivity contribution >= 4 is 33.4 Å². The van der Waals surface area contributed by atoms with Crippen LogP contribution in [0.25, 0.3) is 22.1 Å². The Labute approximate surface area is 201 Å². The maximum atomic E-state index is 12.9. The van der Waals surface area contributed by atoms with Gasteiger partial charge in [-0.2, -0.15) is 0 Å². The van der Waals surface area contributed by atoms with Crippen LogP contribution in [0.5, 0.6) is 11.5 Å². The molecule has 0 spiro atoms. The Hall–Kier alpha value is -3.64. The lowest BCUT2D eigenvalue weighted by Crippen LogP contribution is -2.22. The van der Waals surface area contributed by atoms with E-state index in [4.69, 9.17) is 9.47 Å². The minimum atomic E-state index is -0.0386. The van der Waals surface area contributed by atoms with Crippen molar-refractivity contribution < 1.29 is 9.47 Å². The zero-order valence-corrected chi connectivity index (χ0v) is 20.0. The molecule has 0 radical (unpaired) electrons. The molecule has 5 nitrogen and oxygen atoms in total. The lowest BCUT2D eigenvalue weighted by atomic mass is 9.99. The van der Waals surface area contributed by atoms with Gasteiger partial charge in [0.15, 0.2) is 4.96 Å². The van der Waals surface area contributed by atoms with E-state index in [1.54, 1.807) is 4.40 Å². The van der Waals surface area contributed by atoms with Gasteiger partial charge in [-0.25, -0.2) is 9.38 Å². The van der Waals surface area contributed by atoms with Crippen LogP contribution in [-0.4, -0.2) is 22.6 Å². The van der Waals surface area contributed by atoms with E-state index in [1.165, 1.54) is 16.9 Å². The number of para-hydroxylation sites is 2. The molecule has 0 unspecified atom stereocenters. The van der Waals surface area contributed by atoms with Crippen LogP contribution in [-0.2, 0) is 0 Å². The van der Waals surface area contributed by atoms with Crippen molar-refractivity contribution in [3.63, 3.8) is 0 Å². The van der Waals surface area contributed by atoms with E-state index in [9.17, 15) is 4.79 Å². The summed E-state index contributed by atoms with van der Waals surface area (Å²) in [6.45, 7) is 5.35. The molecular weight excluding hydrogens is 444 g/mol. The maximum Gasteiger partial charge on any atom is 0.274 e. The Balaban J connectivity index is 1.20. The molecule has 0 aliphatic heterocycles. The fraction of sp³-hybridized carbons (Fsp3) is 0.214. The molecule has 2 aromatic heterocycles. The van der Waals surface area contributed by atoms with Gasteiger partial charge in [-0.15, -0.1) is 0 Å². The summed E-state index contributed by atoms with van der Waals surface area (Å²) in [6, 6.07) is 23.7. The highest BCUT2D eigenvalue weighted by Crippen LogP contribution is 2.21. The predicted octanol–water partition coefficient (Wildman–Crippen LogP) is 5.43. The SMILES string of the molecule is CC[C@@H](C)c1ccc(OCCOc2ccc(/C=c3\sc4nc5ccccc5n4c3=O)cc2)cc1. The molecule has 0 saturated heterocycles. The first-order valence-corrected chi connectivity index (χ1v) is 12.3. The minimum Gasteiger partial charge on any atom is -0.490 e. The average Bonchev–Trinajstić information content (AvgIpc) is 3.38. The minimum absolute atomic E-state index is 0.0386. The third kappa shape index (κ3) is 4.54. The van der Waals surface area contributed by atoms with Gasteiger partial charge in [0.1, 0.15) is 24.7 Å². The molecule has 0 N–H and O–H groups in total. The van der Waals surface area contributed by atoms with E-state index in [0.29, 0.717) is 28.6 Å². The molecule has 5 aromatic rings. The number of benzene rings is 3. The molecule has 2 heterocycles. The van der Waals surface area contributed by atoms with Crippen molar-refractivity contribution in [3.8, 4) is 11.5 Å². The molecule has 0 bridgehead atoms. The standard InChI is InChI=1S/C28H26N2O3S/c1-3-19(2)21-10-14-23(15-11-21)33-17-16-32-22-12-8-20(9-13-22)18-26-27(31)30-25-7-5-4-6-24(25)29-28(30)34-26/h4-15,18-19H,3,16-17H2,1-2H3/b26-18-/t19-/m1/s1. The number of aromatic nitrogens is 2. The number of ether oxygens (including phenoxy) is 2. The van der Waals surface area contributed by atoms with Crippen LogP contribution in [0, 0.1) is 0 Å². The summed E-state index contributed by atoms with van der Waals surface area (Å²) in [5, 5.41) is 0. The highest BCUT2D eigenvalue weighted by molar-refractivity contribution is 7.15. The van der Waals surface area contributed by atoms with E-state index >= 15 is 0 Å². The number of nitrogens with zero attached hydrogens (tertiary/aromatic N) is 2. The van der Waals surface area contributed by atoms with E-state index < -0.39 is 0 Å². The van der Waals surface area contributed by atoms with E-state index in [1.807, 2.05) is 66.7 Å². The Morgan fingerprint density at radius 3 is 2.26 bits per heavy atom. The molecule has 0 saturated carbocycles. The molecule has 0 fully saturated rings. The van der Waals surface area contributed by atoms with Crippen LogP contribution in [0.15, 0.2) is 77.6 Å². The molecule has 6 heteroatoms. The lowest BCUT2D eigenvalue weighted by Gasteiger charge is -2.11. The smallest absolute Gasteiger partial charge is 0.274 e. The fourth-order valence-corrected chi connectivity index (χ4v) is 4.86. The topological polar surface area (TPSA) is 52.8 Å². The average molecular weight is 471 g/mol. The molecule has 1 atom stereocenters. The van der Waals surface area contributed by atoms with Gasteiger partial charge in [0.2, 0.25) is 0 Å². The van der Waals surface area contributed by atoms with Crippen LogP contribution in [0.3, 0.4) is 0 Å². The zero-order valence-electron chi connectivity index (χ0n) is 19.2. The van der Waals surface area contributed by atoms with Crippen molar-refractivity contribution in [2.75, 3.05) is 13.2 Å². The number of fused-ring (bicyclic) bond motifs is 3. The lowest BCUT2D eigenvalue weighted by molar-refractivity contribution is 0.217. The first kappa shape index (κ1) is 22.2. The van der Waals surface area contributed by atoms with Crippen molar-refractivity contribution in [1.29, 1.82) is 0 Å². The molecular formula is C28H26N2O3S. The van der Waals surface area contributed by atoms with Crippen molar-refractivity contribution in [2.24, 2.45) is 0 Å². The second kappa shape index (κ2) is 9.69. The summed E-state index contributed by atoms with van der Waals surface area (Å²) in [5.41, 5.74) is 3.91. The first-order valence-electron chi connectivity index (χ1n) is 11.5. The molecule has 0 aliphatic rings. The fourth-order valence-electron chi connectivity index (χ4n) is 3.87. The third-order valence-electron chi connectivity index (χ3n) is 6.01. The summed E-state index contributed by atoms with van der Waals surface area (Å²) < 4.78 is 13.9. The molecule has 0 amide bonds. The van der Waals surface area contributed by atoms with Gasteiger partial charge in [0.05, 0.1) is 15.6 Å². The highest BCUT2D eigenvalue weighted by atomic mass is 32.1. The van der Waals surface area contributed by atoms with Gasteiger partial charge < -0.3 is 9.47 Å². The molecule has 172 valence electrons. The number of imidazole rings is 1. The van der Waals surface area contributed by atoms with Crippen LogP contribution in [0.1, 0.15) is 37.3 Å². The van der Waals surface area contributed by atoms with Crippen LogP contribution in [0.4, 0.5) is 0 Å². The summed E-state index contributed by atoms with van der Waals surface area (Å²) in [5.74, 6) is 2.18. The van der Waals surface area contributed by atoms with Crippen LogP contribution >= 0.6 is 11.3 Å². The number of rotatable bonds is 8. The Morgan fingerprint density at radius 1 is 0.941 bits per heavy atom. The number of thiazole rings is 1. The predicted molar refractivity (Wildman–Crippen MR) is 138 cm³/mol. The molecule has 34 heavy (non-hydrogen) atoms. The van der Waals surface area contributed by atoms with Gasteiger partial charge in [0.25, 0.3) is 5.56 Å². The monoisotopic (exact) mass is 470 g/mol. The molecule has 5 rings (SSSR count). The summed E-state index contributed by atoms with van der Waals surface area (Å²) >= 11 is 1.40. The second-order valence-electron chi connectivity index (χ2n) is 8.28. The Bertz CT molecular complexity index is 1520. The first-order chi connectivity index (χ1) is 16.6. The van der Waals surface area contributed by atoms with E-state index in [-0.39, 0.29) is 5.56 Å². The van der Waals surface area contributed by atoms with Crippen LogP contribution < -0.4 is 19.6 Å². The van der Waals surface area contributed by atoms with Gasteiger partial charge >= 0.3 is 0 Å². The van der Waals surface area contributed by atoms with Crippen LogP contribution in [0.2, 0.25) is 0 Å². The Morgan fingerprint density at radius 2 is 1.59 bits per heavy atom. The van der Waals surface area contributed by atoms with E-state index in [0.717, 1.165) is 34.5 Å².